The van der Waals surface area contributed by atoms with Gasteiger partial charge in [-0.25, -0.2) is 0 Å². The van der Waals surface area contributed by atoms with E-state index in [0.29, 0.717) is 12.9 Å². The third-order valence-electron chi connectivity index (χ3n) is 9.64. The number of rotatable bonds is 2. The Balaban J connectivity index is 1.29. The predicted octanol–water partition coefficient (Wildman–Crippen LogP) is 2.39. The first-order chi connectivity index (χ1) is 17.3. The average Bonchev–Trinajstić information content (AvgIpc) is 3.82. The number of nitrogens with zero attached hydrogens (tertiary/aromatic N) is 2. The summed E-state index contributed by atoms with van der Waals surface area (Å²) < 4.78 is 8.31. The summed E-state index contributed by atoms with van der Waals surface area (Å²) in [6.07, 6.45) is 0.153. The molecule has 6 aliphatic rings. The molecule has 7 heterocycles. The van der Waals surface area contributed by atoms with Crippen molar-refractivity contribution in [3.05, 3.63) is 78.9 Å². The molecule has 0 bridgehead atoms. The van der Waals surface area contributed by atoms with Crippen LogP contribution in [0.4, 0.5) is 0 Å². The summed E-state index contributed by atoms with van der Waals surface area (Å²) in [6, 6.07) is 30.1. The maximum atomic E-state index is 5.76. The van der Waals surface area contributed by atoms with Crippen LogP contribution in [0.1, 0.15) is 0 Å². The van der Waals surface area contributed by atoms with Crippen LogP contribution in [0, 0.1) is 0 Å². The Morgan fingerprint density at radius 1 is 0.829 bits per heavy atom. The zero-order chi connectivity index (χ0) is 22.3. The second kappa shape index (κ2) is 5.20. The first kappa shape index (κ1) is 18.0. The molecule has 0 unspecified atom stereocenters. The van der Waals surface area contributed by atoms with Gasteiger partial charge in [-0.1, -0.05) is 0 Å². The van der Waals surface area contributed by atoms with Crippen LogP contribution in [-0.4, -0.2) is 50.8 Å². The Bertz CT molecular complexity index is 1950. The van der Waals surface area contributed by atoms with E-state index >= 15 is 0 Å². The molecule has 0 aliphatic carbocycles. The number of fused-ring (bicyclic) bond motifs is 10. The summed E-state index contributed by atoms with van der Waals surface area (Å²) in [5.74, 6) is 0. The minimum absolute atomic E-state index is 0.0762. The first-order valence-electron chi connectivity index (χ1n) is 12.7. The van der Waals surface area contributed by atoms with Gasteiger partial charge in [-0.3, -0.25) is 0 Å². The van der Waals surface area contributed by atoms with Gasteiger partial charge in [0.1, 0.15) is 0 Å². The zero-order valence-electron chi connectivity index (χ0n) is 18.8. The predicted molar refractivity (Wildman–Crippen MR) is 161 cm³/mol. The normalized spacial score (nSPS) is 22.1. The van der Waals surface area contributed by atoms with Crippen LogP contribution in [0.5, 0.6) is 0 Å². The van der Waals surface area contributed by atoms with Crippen molar-refractivity contribution < 1.29 is 0 Å². The third-order valence-corrected chi connectivity index (χ3v) is 18.1. The fourth-order valence-corrected chi connectivity index (χ4v) is 17.0. The van der Waals surface area contributed by atoms with Gasteiger partial charge in [0.15, 0.2) is 0 Å². The Morgan fingerprint density at radius 3 is 2.37 bits per heavy atom. The molecule has 0 N–H and O–H groups in total. The molecule has 2 nitrogen and oxygen atoms in total. The molecule has 1 aromatic heterocycles. The van der Waals surface area contributed by atoms with Crippen LogP contribution >= 0.6 is 13.9 Å². The maximum absolute atomic E-state index is 5.76. The van der Waals surface area contributed by atoms with Gasteiger partial charge in [-0.05, 0) is 0 Å². The third kappa shape index (κ3) is 1.79. The van der Waals surface area contributed by atoms with Gasteiger partial charge in [-0.15, -0.1) is 0 Å². The molecule has 35 heavy (non-hydrogen) atoms. The topological polar surface area (TPSA) is 17.3 Å². The molecule has 0 amide bonds. The molecule has 4 saturated heterocycles. The minimum atomic E-state index is -2.25. The van der Waals surface area contributed by atoms with E-state index in [9.17, 15) is 0 Å². The number of para-hydroxylation sites is 2. The molecule has 4 fully saturated rings. The fourth-order valence-electron chi connectivity index (χ4n) is 7.64. The molecule has 0 spiro atoms. The second-order valence-electron chi connectivity index (χ2n) is 11.2. The number of benzene rings is 4. The van der Waals surface area contributed by atoms with Crippen molar-refractivity contribution in [2.75, 3.05) is 0 Å². The SMILES string of the molecule is [B]1B2[B-]P12(N=[P+]1B2[B-]B21)c1cccc2c1B1c3c-2cccc3-n2c3ccccc3c3cccc1c32. The van der Waals surface area contributed by atoms with Gasteiger partial charge in [0.2, 0.25) is 0 Å². The van der Waals surface area contributed by atoms with Gasteiger partial charge < -0.3 is 0 Å². The van der Waals surface area contributed by atoms with Crippen molar-refractivity contribution in [3.63, 3.8) is 0 Å². The van der Waals surface area contributed by atoms with Gasteiger partial charge in [0.05, 0.1) is 0 Å². The molecular formula is C24H13B7N2P2-. The molecule has 5 aromatic rings. The standard InChI is InChI=1S/C24H13B7N2P2/c1-2-11-19-14(6-1)17-9-3-10-18-24(17)33(19)20-12-4-7-15-16-8-5-13-21(23(16)28(18)22(15)20)35(26-29(35)27-35)32-34-30-25-31(30)34/h1-13H/q-1. The summed E-state index contributed by atoms with van der Waals surface area (Å²) >= 11 is 0. The Kier molecular flexibility index (Phi) is 2.67. The van der Waals surface area contributed by atoms with Gasteiger partial charge in [-0.2, -0.15) is 0 Å². The number of aromatic nitrogens is 1. The average molecular weight is 467 g/mol. The van der Waals surface area contributed by atoms with Gasteiger partial charge in [0.25, 0.3) is 0 Å². The molecule has 151 valence electrons. The van der Waals surface area contributed by atoms with E-state index in [1.807, 2.05) is 0 Å². The quantitative estimate of drug-likeness (QED) is 0.275. The summed E-state index contributed by atoms with van der Waals surface area (Å²) in [7, 11) is 2.43. The first-order valence-corrected chi connectivity index (χ1v) is 16.5. The van der Waals surface area contributed by atoms with Crippen LogP contribution in [0.2, 0.25) is 0 Å². The monoisotopic (exact) mass is 468 g/mol. The van der Waals surface area contributed by atoms with E-state index in [1.54, 1.807) is 10.8 Å². The fraction of sp³-hybridized carbons (Fsp3) is 0. The Hall–Kier alpha value is -2.34. The summed E-state index contributed by atoms with van der Waals surface area (Å²) in [6.45, 7) is 5.62. The van der Waals surface area contributed by atoms with Crippen LogP contribution < -0.4 is 21.7 Å². The van der Waals surface area contributed by atoms with Crippen LogP contribution in [0.25, 0.3) is 38.6 Å². The van der Waals surface area contributed by atoms with E-state index < -0.39 is 6.39 Å². The van der Waals surface area contributed by atoms with E-state index in [2.05, 4.69) is 104 Å². The van der Waals surface area contributed by atoms with Crippen molar-refractivity contribution in [1.82, 2.24) is 4.57 Å². The molecule has 6 aliphatic heterocycles. The van der Waals surface area contributed by atoms with Crippen molar-refractivity contribution in [2.45, 2.75) is 0 Å². The van der Waals surface area contributed by atoms with Crippen molar-refractivity contribution in [2.24, 2.45) is 4.52 Å². The Morgan fingerprint density at radius 2 is 1.57 bits per heavy atom. The van der Waals surface area contributed by atoms with E-state index in [4.69, 9.17) is 4.52 Å². The van der Waals surface area contributed by atoms with Gasteiger partial charge in [0, 0.05) is 0 Å². The molecule has 11 heteroatoms. The van der Waals surface area contributed by atoms with Crippen LogP contribution in [0.15, 0.2) is 83.4 Å². The van der Waals surface area contributed by atoms with Crippen LogP contribution in [0.3, 0.4) is 0 Å². The zero-order valence-corrected chi connectivity index (χ0v) is 20.6. The van der Waals surface area contributed by atoms with Crippen LogP contribution in [-0.2, 0) is 0 Å². The molecule has 4 aromatic carbocycles. The molecule has 0 atom stereocenters. The summed E-state index contributed by atoms with van der Waals surface area (Å²) in [5.41, 5.74) is 11.5. The second-order valence-corrected chi connectivity index (χ2v) is 18.1. The van der Waals surface area contributed by atoms with Crippen molar-refractivity contribution in [3.8, 4) is 16.8 Å². The summed E-state index contributed by atoms with van der Waals surface area (Å²) in [4.78, 5) is 0. The number of hydrogen-bond acceptors (Lipinski definition) is 1. The molecular weight excluding hydrogens is 454 g/mol. The summed E-state index contributed by atoms with van der Waals surface area (Å²) in [5, 5.41) is 4.33. The van der Waals surface area contributed by atoms with Crippen molar-refractivity contribution >= 4 is 104 Å². The van der Waals surface area contributed by atoms with Crippen molar-refractivity contribution in [1.29, 1.82) is 0 Å². The molecule has 5 radical (unpaired) electrons. The van der Waals surface area contributed by atoms with Gasteiger partial charge >= 0.3 is 208 Å². The number of hydrogen-bond donors (Lipinski definition) is 0. The van der Waals surface area contributed by atoms with E-state index in [0.717, 1.165) is 12.4 Å². The van der Waals surface area contributed by atoms with E-state index in [-0.39, 0.29) is 7.47 Å². The Labute approximate surface area is 207 Å². The molecule has 0 saturated carbocycles. The molecule has 11 rings (SSSR count). The van der Waals surface area contributed by atoms with E-state index in [1.165, 1.54) is 49.5 Å².